The predicted molar refractivity (Wildman–Crippen MR) is 100 cm³/mol. The fourth-order valence-corrected chi connectivity index (χ4v) is 3.62. The summed E-state index contributed by atoms with van der Waals surface area (Å²) < 4.78 is 14.2. The first-order valence-corrected chi connectivity index (χ1v) is 9.32. The molecular weight excluding hydrogens is 383 g/mol. The van der Waals surface area contributed by atoms with Crippen LogP contribution in [0.4, 0.5) is 20.9 Å². The van der Waals surface area contributed by atoms with Gasteiger partial charge in [-0.25, -0.2) is 4.39 Å². The van der Waals surface area contributed by atoms with Gasteiger partial charge in [0.05, 0.1) is 22.2 Å². The molecule has 1 amide bonds. The van der Waals surface area contributed by atoms with Gasteiger partial charge in [0, 0.05) is 0 Å². The van der Waals surface area contributed by atoms with Crippen LogP contribution in [0, 0.1) is 5.82 Å². The molecule has 0 saturated carbocycles. The van der Waals surface area contributed by atoms with E-state index in [-0.39, 0.29) is 17.5 Å². The van der Waals surface area contributed by atoms with E-state index in [9.17, 15) is 9.18 Å². The number of aromatic nitrogens is 2. The Hall–Kier alpha value is -2.16. The highest BCUT2D eigenvalue weighted by Gasteiger charge is 2.10. The van der Waals surface area contributed by atoms with Gasteiger partial charge in [-0.2, -0.15) is 0 Å². The van der Waals surface area contributed by atoms with Gasteiger partial charge in [-0.3, -0.25) is 4.79 Å². The Morgan fingerprint density at radius 2 is 1.84 bits per heavy atom. The first-order chi connectivity index (χ1) is 12.1. The zero-order valence-corrected chi connectivity index (χ0v) is 15.1. The summed E-state index contributed by atoms with van der Waals surface area (Å²) in [5, 5.41) is 14.5. The molecule has 0 bridgehead atoms. The number of amides is 1. The predicted octanol–water partition coefficient (Wildman–Crippen LogP) is 4.81. The fourth-order valence-electron chi connectivity index (χ4n) is 1.87. The molecule has 3 rings (SSSR count). The molecule has 128 valence electrons. The van der Waals surface area contributed by atoms with Crippen LogP contribution in [0.2, 0.25) is 5.02 Å². The lowest BCUT2D eigenvalue weighted by Crippen LogP contribution is -2.14. The van der Waals surface area contributed by atoms with Gasteiger partial charge >= 0.3 is 0 Å². The molecule has 0 spiro atoms. The highest BCUT2D eigenvalue weighted by molar-refractivity contribution is 8.01. The molecular formula is C16H12ClFN4OS2. The molecule has 2 aromatic carbocycles. The van der Waals surface area contributed by atoms with Crippen LogP contribution >= 0.6 is 34.7 Å². The van der Waals surface area contributed by atoms with Gasteiger partial charge in [0.15, 0.2) is 4.34 Å². The average Bonchev–Trinajstić information content (AvgIpc) is 3.05. The van der Waals surface area contributed by atoms with Gasteiger partial charge in [-0.05, 0) is 24.3 Å². The van der Waals surface area contributed by atoms with E-state index in [2.05, 4.69) is 20.8 Å². The third-order valence-corrected chi connectivity index (χ3v) is 5.30. The number of hydrogen-bond donors (Lipinski definition) is 2. The molecule has 9 heteroatoms. The van der Waals surface area contributed by atoms with Crippen LogP contribution in [0.15, 0.2) is 52.9 Å². The average molecular weight is 395 g/mol. The quantitative estimate of drug-likeness (QED) is 0.587. The van der Waals surface area contributed by atoms with E-state index in [4.69, 9.17) is 11.6 Å². The molecule has 0 radical (unpaired) electrons. The van der Waals surface area contributed by atoms with Crippen LogP contribution in [0.25, 0.3) is 0 Å². The van der Waals surface area contributed by atoms with E-state index < -0.39 is 0 Å². The zero-order valence-electron chi connectivity index (χ0n) is 12.7. The van der Waals surface area contributed by atoms with E-state index in [1.54, 1.807) is 42.5 Å². The summed E-state index contributed by atoms with van der Waals surface area (Å²) in [6.07, 6.45) is 0. The Bertz CT molecular complexity index is 890. The lowest BCUT2D eigenvalue weighted by molar-refractivity contribution is -0.113. The van der Waals surface area contributed by atoms with Gasteiger partial charge in [0.25, 0.3) is 0 Å². The Kier molecular flexibility index (Phi) is 5.85. The SMILES string of the molecule is O=C(CSc1nnc(Nc2ccccc2F)s1)Nc1ccccc1Cl. The smallest absolute Gasteiger partial charge is 0.234 e. The van der Waals surface area contributed by atoms with Gasteiger partial charge in [-0.1, -0.05) is 59.0 Å². The minimum absolute atomic E-state index is 0.166. The van der Waals surface area contributed by atoms with E-state index in [0.29, 0.717) is 25.9 Å². The van der Waals surface area contributed by atoms with Crippen molar-refractivity contribution in [2.45, 2.75) is 4.34 Å². The number of thioether (sulfide) groups is 1. The molecule has 5 nitrogen and oxygen atoms in total. The van der Waals surface area contributed by atoms with E-state index in [1.165, 1.54) is 29.2 Å². The summed E-state index contributed by atoms with van der Waals surface area (Å²) in [5.41, 5.74) is 0.889. The van der Waals surface area contributed by atoms with Crippen LogP contribution in [0.5, 0.6) is 0 Å². The van der Waals surface area contributed by atoms with Crippen molar-refractivity contribution in [3.05, 3.63) is 59.4 Å². The Morgan fingerprint density at radius 1 is 1.12 bits per heavy atom. The Morgan fingerprint density at radius 3 is 2.60 bits per heavy atom. The van der Waals surface area contributed by atoms with E-state index in [0.717, 1.165) is 0 Å². The second kappa shape index (κ2) is 8.28. The van der Waals surface area contributed by atoms with Crippen molar-refractivity contribution in [3.8, 4) is 0 Å². The first-order valence-electron chi connectivity index (χ1n) is 7.14. The highest BCUT2D eigenvalue weighted by atomic mass is 35.5. The summed E-state index contributed by atoms with van der Waals surface area (Å²) in [6.45, 7) is 0. The third-order valence-electron chi connectivity index (χ3n) is 3.00. The monoisotopic (exact) mass is 394 g/mol. The molecule has 3 aromatic rings. The number of halogens is 2. The standard InChI is InChI=1S/C16H12ClFN4OS2/c17-10-5-1-3-7-12(10)19-14(23)9-24-16-22-21-15(25-16)20-13-8-4-2-6-11(13)18/h1-8H,9H2,(H,19,23)(H,20,21). The summed E-state index contributed by atoms with van der Waals surface area (Å²) in [6, 6.07) is 13.3. The number of nitrogens with zero attached hydrogens (tertiary/aromatic N) is 2. The molecule has 0 atom stereocenters. The number of para-hydroxylation sites is 2. The molecule has 1 heterocycles. The normalized spacial score (nSPS) is 10.5. The van der Waals surface area contributed by atoms with Crippen LogP contribution in [-0.2, 0) is 4.79 Å². The molecule has 0 fully saturated rings. The lowest BCUT2D eigenvalue weighted by Gasteiger charge is -2.05. The minimum atomic E-state index is -0.369. The Labute approximate surface area is 156 Å². The number of nitrogens with one attached hydrogen (secondary N) is 2. The second-order valence-corrected chi connectivity index (χ2v) is 7.40. The molecule has 25 heavy (non-hydrogen) atoms. The summed E-state index contributed by atoms with van der Waals surface area (Å²) in [7, 11) is 0. The number of benzene rings is 2. The first kappa shape index (κ1) is 17.7. The molecule has 0 unspecified atom stereocenters. The van der Waals surface area contributed by atoms with E-state index in [1.807, 2.05) is 0 Å². The molecule has 0 aliphatic rings. The second-order valence-electron chi connectivity index (χ2n) is 4.79. The van der Waals surface area contributed by atoms with Crippen molar-refractivity contribution >= 4 is 57.1 Å². The number of anilines is 3. The summed E-state index contributed by atoms with van der Waals surface area (Å²) in [5.74, 6) is -0.401. The van der Waals surface area contributed by atoms with Gasteiger partial charge < -0.3 is 10.6 Å². The van der Waals surface area contributed by atoms with Crippen molar-refractivity contribution in [1.82, 2.24) is 10.2 Å². The van der Waals surface area contributed by atoms with Crippen molar-refractivity contribution in [3.63, 3.8) is 0 Å². The highest BCUT2D eigenvalue weighted by Crippen LogP contribution is 2.28. The lowest BCUT2D eigenvalue weighted by atomic mass is 10.3. The maximum absolute atomic E-state index is 13.6. The molecule has 0 aliphatic heterocycles. The molecule has 1 aromatic heterocycles. The van der Waals surface area contributed by atoms with Crippen LogP contribution < -0.4 is 10.6 Å². The van der Waals surface area contributed by atoms with Crippen molar-refractivity contribution < 1.29 is 9.18 Å². The van der Waals surface area contributed by atoms with Crippen LogP contribution in [-0.4, -0.2) is 21.9 Å². The number of rotatable bonds is 6. The topological polar surface area (TPSA) is 66.9 Å². The Balaban J connectivity index is 1.54. The fraction of sp³-hybridized carbons (Fsp3) is 0.0625. The van der Waals surface area contributed by atoms with Gasteiger partial charge in [0.1, 0.15) is 5.82 Å². The maximum atomic E-state index is 13.6. The van der Waals surface area contributed by atoms with Crippen LogP contribution in [0.3, 0.4) is 0 Å². The van der Waals surface area contributed by atoms with Crippen LogP contribution in [0.1, 0.15) is 0 Å². The zero-order chi connectivity index (χ0) is 17.6. The van der Waals surface area contributed by atoms with Gasteiger partial charge in [-0.15, -0.1) is 10.2 Å². The molecule has 0 aliphatic carbocycles. The summed E-state index contributed by atoms with van der Waals surface area (Å²) in [4.78, 5) is 12.0. The number of carbonyl (C=O) groups is 1. The largest absolute Gasteiger partial charge is 0.328 e. The minimum Gasteiger partial charge on any atom is -0.328 e. The summed E-state index contributed by atoms with van der Waals surface area (Å²) >= 11 is 8.49. The van der Waals surface area contributed by atoms with E-state index >= 15 is 0 Å². The van der Waals surface area contributed by atoms with Gasteiger partial charge in [0.2, 0.25) is 11.0 Å². The molecule has 0 saturated heterocycles. The number of carbonyl (C=O) groups excluding carboxylic acids is 1. The van der Waals surface area contributed by atoms with Crippen molar-refractivity contribution in [2.75, 3.05) is 16.4 Å². The van der Waals surface area contributed by atoms with Crippen molar-refractivity contribution in [2.24, 2.45) is 0 Å². The number of hydrogen-bond acceptors (Lipinski definition) is 6. The van der Waals surface area contributed by atoms with Crippen molar-refractivity contribution in [1.29, 1.82) is 0 Å². The maximum Gasteiger partial charge on any atom is 0.234 e. The third kappa shape index (κ3) is 4.91. The molecule has 2 N–H and O–H groups in total.